The molecule has 0 aliphatic rings. The summed E-state index contributed by atoms with van der Waals surface area (Å²) < 4.78 is 43.0. The fourth-order valence-electron chi connectivity index (χ4n) is 1.80. The van der Waals surface area contributed by atoms with Crippen LogP contribution >= 0.6 is 11.6 Å². The molecule has 0 saturated heterocycles. The lowest BCUT2D eigenvalue weighted by atomic mass is 10.2. The lowest BCUT2D eigenvalue weighted by molar-refractivity contribution is -0.137. The van der Waals surface area contributed by atoms with Gasteiger partial charge in [0.15, 0.2) is 6.61 Å². The first-order valence-corrected chi connectivity index (χ1v) is 6.97. The van der Waals surface area contributed by atoms with E-state index in [4.69, 9.17) is 21.6 Å². The lowest BCUT2D eigenvalue weighted by Gasteiger charge is -2.11. The van der Waals surface area contributed by atoms with Crippen LogP contribution in [-0.4, -0.2) is 12.5 Å². The molecule has 2 aromatic rings. The summed E-state index contributed by atoms with van der Waals surface area (Å²) in [6, 6.07) is 10.4. The molecule has 0 aromatic heterocycles. The molecule has 2 rings (SSSR count). The van der Waals surface area contributed by atoms with Gasteiger partial charge in [0.25, 0.3) is 5.91 Å². The number of nitriles is 1. The van der Waals surface area contributed by atoms with Crippen molar-refractivity contribution in [1.29, 1.82) is 5.26 Å². The topological polar surface area (TPSA) is 62.1 Å². The number of amides is 1. The second-order valence-electron chi connectivity index (χ2n) is 4.67. The van der Waals surface area contributed by atoms with E-state index in [1.165, 1.54) is 30.3 Å². The van der Waals surface area contributed by atoms with Crippen LogP contribution in [0.5, 0.6) is 5.75 Å². The van der Waals surface area contributed by atoms with E-state index in [-0.39, 0.29) is 16.5 Å². The van der Waals surface area contributed by atoms with Gasteiger partial charge in [0.2, 0.25) is 0 Å². The fourth-order valence-corrected chi connectivity index (χ4v) is 2.04. The number of benzene rings is 2. The molecule has 0 unspecified atom stereocenters. The van der Waals surface area contributed by atoms with Crippen molar-refractivity contribution in [2.45, 2.75) is 6.18 Å². The second kappa shape index (κ2) is 7.23. The zero-order chi connectivity index (χ0) is 17.7. The summed E-state index contributed by atoms with van der Waals surface area (Å²) >= 11 is 5.89. The Labute approximate surface area is 140 Å². The maximum Gasteiger partial charge on any atom is 0.416 e. The van der Waals surface area contributed by atoms with Crippen molar-refractivity contribution in [3.05, 3.63) is 58.6 Å². The van der Waals surface area contributed by atoms with Crippen molar-refractivity contribution in [3.63, 3.8) is 0 Å². The highest BCUT2D eigenvalue weighted by Crippen LogP contribution is 2.30. The summed E-state index contributed by atoms with van der Waals surface area (Å²) in [4.78, 5) is 11.8. The standard InChI is InChI=1S/C16H10ClF3N2O2/c17-13-6-10(8-21)4-5-14(13)24-9-15(23)22-12-3-1-2-11(7-12)16(18,19)20/h1-7H,9H2,(H,22,23). The molecule has 8 heteroatoms. The lowest BCUT2D eigenvalue weighted by Crippen LogP contribution is -2.20. The first-order valence-electron chi connectivity index (χ1n) is 6.59. The number of carbonyl (C=O) groups is 1. The van der Waals surface area contributed by atoms with Crippen LogP contribution in [0, 0.1) is 11.3 Å². The summed E-state index contributed by atoms with van der Waals surface area (Å²) in [5.41, 5.74) is -0.526. The Balaban J connectivity index is 1.98. The van der Waals surface area contributed by atoms with E-state index in [0.717, 1.165) is 12.1 Å². The van der Waals surface area contributed by atoms with Crippen LogP contribution in [0.15, 0.2) is 42.5 Å². The van der Waals surface area contributed by atoms with E-state index in [2.05, 4.69) is 5.32 Å². The summed E-state index contributed by atoms with van der Waals surface area (Å²) in [5.74, 6) is -0.454. The van der Waals surface area contributed by atoms with Gasteiger partial charge in [0.1, 0.15) is 5.75 Å². The molecule has 0 saturated carbocycles. The number of alkyl halides is 3. The molecule has 24 heavy (non-hydrogen) atoms. The summed E-state index contributed by atoms with van der Waals surface area (Å²) in [6.45, 7) is -0.443. The normalized spacial score (nSPS) is 10.8. The minimum atomic E-state index is -4.49. The summed E-state index contributed by atoms with van der Waals surface area (Å²) in [6.07, 6.45) is -4.49. The first kappa shape index (κ1) is 17.6. The van der Waals surface area contributed by atoms with Crippen molar-refractivity contribution in [2.24, 2.45) is 0 Å². The van der Waals surface area contributed by atoms with Gasteiger partial charge in [-0.25, -0.2) is 0 Å². The number of anilines is 1. The molecule has 1 amide bonds. The number of ether oxygens (including phenoxy) is 1. The van der Waals surface area contributed by atoms with Crippen molar-refractivity contribution in [3.8, 4) is 11.8 Å². The molecule has 2 aromatic carbocycles. The number of halogens is 4. The molecular weight excluding hydrogens is 345 g/mol. The smallest absolute Gasteiger partial charge is 0.416 e. The molecule has 124 valence electrons. The SMILES string of the molecule is N#Cc1ccc(OCC(=O)Nc2cccc(C(F)(F)F)c2)c(Cl)c1. The molecule has 0 atom stereocenters. The maximum absolute atomic E-state index is 12.6. The fraction of sp³-hybridized carbons (Fsp3) is 0.125. The average molecular weight is 355 g/mol. The minimum Gasteiger partial charge on any atom is -0.482 e. The summed E-state index contributed by atoms with van der Waals surface area (Å²) in [5, 5.41) is 11.2. The Morgan fingerprint density at radius 1 is 1.25 bits per heavy atom. The van der Waals surface area contributed by atoms with E-state index in [0.29, 0.717) is 5.56 Å². The van der Waals surface area contributed by atoms with E-state index >= 15 is 0 Å². The number of hydrogen-bond acceptors (Lipinski definition) is 3. The van der Waals surface area contributed by atoms with Gasteiger partial charge >= 0.3 is 6.18 Å². The Bertz CT molecular complexity index is 801. The average Bonchev–Trinajstić information content (AvgIpc) is 2.53. The largest absolute Gasteiger partial charge is 0.482 e. The Morgan fingerprint density at radius 2 is 2.00 bits per heavy atom. The predicted molar refractivity (Wildman–Crippen MR) is 81.7 cm³/mol. The third-order valence-electron chi connectivity index (χ3n) is 2.89. The molecule has 0 aliphatic carbocycles. The highest BCUT2D eigenvalue weighted by atomic mass is 35.5. The number of nitrogens with one attached hydrogen (secondary N) is 1. The number of nitrogens with zero attached hydrogens (tertiary/aromatic N) is 1. The third-order valence-corrected chi connectivity index (χ3v) is 3.19. The maximum atomic E-state index is 12.6. The van der Waals surface area contributed by atoms with Gasteiger partial charge < -0.3 is 10.1 Å². The highest BCUT2D eigenvalue weighted by molar-refractivity contribution is 6.32. The van der Waals surface area contributed by atoms with Crippen LogP contribution in [0.1, 0.15) is 11.1 Å². The van der Waals surface area contributed by atoms with E-state index in [1.54, 1.807) is 0 Å². The minimum absolute atomic E-state index is 0.00403. The van der Waals surface area contributed by atoms with Crippen LogP contribution in [-0.2, 0) is 11.0 Å². The van der Waals surface area contributed by atoms with Gasteiger partial charge in [0, 0.05) is 5.69 Å². The molecule has 0 spiro atoms. The van der Waals surface area contributed by atoms with Crippen molar-refractivity contribution in [1.82, 2.24) is 0 Å². The van der Waals surface area contributed by atoms with Gasteiger partial charge in [0.05, 0.1) is 22.2 Å². The van der Waals surface area contributed by atoms with Gasteiger partial charge in [-0.15, -0.1) is 0 Å². The van der Waals surface area contributed by atoms with Gasteiger partial charge in [-0.05, 0) is 36.4 Å². The Hall–Kier alpha value is -2.72. The molecule has 0 fully saturated rings. The molecule has 0 aliphatic heterocycles. The van der Waals surface area contributed by atoms with Crippen LogP contribution in [0.3, 0.4) is 0 Å². The van der Waals surface area contributed by atoms with Crippen molar-refractivity contribution < 1.29 is 22.7 Å². The Morgan fingerprint density at radius 3 is 2.62 bits per heavy atom. The summed E-state index contributed by atoms with van der Waals surface area (Å²) in [7, 11) is 0. The van der Waals surface area contributed by atoms with E-state index < -0.39 is 24.3 Å². The molecule has 0 bridgehead atoms. The van der Waals surface area contributed by atoms with Gasteiger partial charge in [-0.3, -0.25) is 4.79 Å². The zero-order valence-electron chi connectivity index (χ0n) is 12.0. The molecule has 0 heterocycles. The predicted octanol–water partition coefficient (Wildman–Crippen LogP) is 4.25. The van der Waals surface area contributed by atoms with Crippen LogP contribution < -0.4 is 10.1 Å². The second-order valence-corrected chi connectivity index (χ2v) is 5.08. The molecule has 0 radical (unpaired) electrons. The molecular formula is C16H10ClF3N2O2. The van der Waals surface area contributed by atoms with Crippen molar-refractivity contribution >= 4 is 23.2 Å². The third kappa shape index (κ3) is 4.64. The van der Waals surface area contributed by atoms with Crippen LogP contribution in [0.4, 0.5) is 18.9 Å². The monoisotopic (exact) mass is 354 g/mol. The zero-order valence-corrected chi connectivity index (χ0v) is 12.8. The van der Waals surface area contributed by atoms with E-state index in [1.807, 2.05) is 6.07 Å². The van der Waals surface area contributed by atoms with E-state index in [9.17, 15) is 18.0 Å². The van der Waals surface area contributed by atoms with Gasteiger partial charge in [-0.2, -0.15) is 18.4 Å². The highest BCUT2D eigenvalue weighted by Gasteiger charge is 2.30. The number of carbonyl (C=O) groups excluding carboxylic acids is 1. The quantitative estimate of drug-likeness (QED) is 0.892. The molecule has 4 nitrogen and oxygen atoms in total. The van der Waals surface area contributed by atoms with Gasteiger partial charge in [-0.1, -0.05) is 17.7 Å². The van der Waals surface area contributed by atoms with Crippen LogP contribution in [0.25, 0.3) is 0 Å². The molecule has 1 N–H and O–H groups in total. The number of rotatable bonds is 4. The Kier molecular flexibility index (Phi) is 5.31. The first-order chi connectivity index (χ1) is 11.3. The van der Waals surface area contributed by atoms with Crippen LogP contribution in [0.2, 0.25) is 5.02 Å². The van der Waals surface area contributed by atoms with Crippen molar-refractivity contribution in [2.75, 3.05) is 11.9 Å². The number of hydrogen-bond donors (Lipinski definition) is 1.